The quantitative estimate of drug-likeness (QED) is 0.421. The molecule has 1 heterocycles. The lowest BCUT2D eigenvalue weighted by molar-refractivity contribution is -0.447. The molecule has 58 valence electrons. The Labute approximate surface area is 66.9 Å². The van der Waals surface area contributed by atoms with E-state index in [0.29, 0.717) is 19.4 Å². The van der Waals surface area contributed by atoms with Gasteiger partial charge in [-0.05, 0) is 6.42 Å². The Morgan fingerprint density at radius 1 is 1.73 bits per heavy atom. The van der Waals surface area contributed by atoms with Gasteiger partial charge in [0.2, 0.25) is 0 Å². The van der Waals surface area contributed by atoms with Gasteiger partial charge in [0.15, 0.2) is 6.54 Å². The Morgan fingerprint density at radius 3 is 3.18 bits per heavy atom. The molecule has 1 aliphatic heterocycles. The molecule has 0 bridgehead atoms. The minimum atomic E-state index is 0.214. The molecule has 1 amide bonds. The molecule has 0 radical (unpaired) electrons. The third-order valence-corrected chi connectivity index (χ3v) is 1.76. The summed E-state index contributed by atoms with van der Waals surface area (Å²) in [5, 5.41) is 0. The van der Waals surface area contributed by atoms with Crippen LogP contribution in [0.25, 0.3) is 0 Å². The molecule has 0 unspecified atom stereocenters. The highest BCUT2D eigenvalue weighted by Gasteiger charge is 2.19. The van der Waals surface area contributed by atoms with Crippen molar-refractivity contribution in [3.05, 3.63) is 0 Å². The van der Waals surface area contributed by atoms with Crippen LogP contribution >= 0.6 is 0 Å². The smallest absolute Gasteiger partial charge is 0.220 e. The molecule has 0 aromatic rings. The molecule has 0 aromatic heterocycles. The summed E-state index contributed by atoms with van der Waals surface area (Å²) in [6.07, 6.45) is 10.4. The van der Waals surface area contributed by atoms with E-state index in [2.05, 4.69) is 5.92 Å². The van der Waals surface area contributed by atoms with Crippen molar-refractivity contribution in [3.8, 4) is 12.3 Å². The van der Waals surface area contributed by atoms with E-state index in [1.165, 1.54) is 0 Å². The first-order valence-corrected chi connectivity index (χ1v) is 3.91. The Kier molecular flexibility index (Phi) is 2.85. The fourth-order valence-corrected chi connectivity index (χ4v) is 1.15. The normalized spacial score (nSPS) is 17.4. The van der Waals surface area contributed by atoms with Gasteiger partial charge in [-0.3, -0.25) is 0 Å². The zero-order valence-corrected chi connectivity index (χ0v) is 6.55. The number of rotatable bonds is 2. The Balaban J connectivity index is 2.49. The van der Waals surface area contributed by atoms with Crippen molar-refractivity contribution >= 4 is 12.1 Å². The second-order valence-electron chi connectivity index (χ2n) is 2.62. The van der Waals surface area contributed by atoms with Crippen LogP contribution in [-0.2, 0) is 4.79 Å². The maximum Gasteiger partial charge on any atom is 0.386 e. The van der Waals surface area contributed by atoms with Gasteiger partial charge in [0.05, 0.1) is 12.8 Å². The van der Waals surface area contributed by atoms with E-state index < -0.39 is 0 Å². The first-order chi connectivity index (χ1) is 5.34. The summed E-state index contributed by atoms with van der Waals surface area (Å²) in [5.41, 5.74) is 0. The number of amides is 1. The molecular weight excluding hydrogens is 138 g/mol. The average Bonchev–Trinajstić information content (AvgIpc) is 2.03. The number of carbonyl (C=O) groups is 1. The first-order valence-electron chi connectivity index (χ1n) is 3.91. The van der Waals surface area contributed by atoms with Crippen molar-refractivity contribution in [2.45, 2.75) is 25.7 Å². The third-order valence-electron chi connectivity index (χ3n) is 1.76. The minimum Gasteiger partial charge on any atom is -0.220 e. The highest BCUT2D eigenvalue weighted by molar-refractivity contribution is 5.74. The summed E-state index contributed by atoms with van der Waals surface area (Å²) in [6, 6.07) is 0. The van der Waals surface area contributed by atoms with Gasteiger partial charge in [-0.2, -0.15) is 4.58 Å². The van der Waals surface area contributed by atoms with E-state index in [1.54, 1.807) is 4.58 Å². The number of carbonyl (C=O) groups excluding carboxylic acids is 1. The number of terminal acetylenes is 1. The van der Waals surface area contributed by atoms with E-state index >= 15 is 0 Å². The molecule has 0 saturated heterocycles. The topological polar surface area (TPSA) is 20.1 Å². The molecule has 0 fully saturated rings. The molecule has 0 N–H and O–H groups in total. The third kappa shape index (κ3) is 2.19. The standard InChI is InChI=1S/C9H12NO/c1-2-3-7-10-8-5-4-6-9(10)11/h1,8H,3-7H2/q+1. The minimum absolute atomic E-state index is 0.214. The highest BCUT2D eigenvalue weighted by Crippen LogP contribution is 2.02. The van der Waals surface area contributed by atoms with Gasteiger partial charge in [-0.25, -0.2) is 4.79 Å². The largest absolute Gasteiger partial charge is 0.386 e. The van der Waals surface area contributed by atoms with Crippen molar-refractivity contribution < 1.29 is 9.37 Å². The van der Waals surface area contributed by atoms with Gasteiger partial charge in [0.25, 0.3) is 0 Å². The molecule has 0 saturated carbocycles. The van der Waals surface area contributed by atoms with Crippen LogP contribution in [0.1, 0.15) is 25.7 Å². The fraction of sp³-hybridized carbons (Fsp3) is 0.556. The Bertz CT molecular complexity index is 222. The highest BCUT2D eigenvalue weighted by atomic mass is 16.2. The maximum absolute atomic E-state index is 11.1. The lowest BCUT2D eigenvalue weighted by atomic mass is 10.2. The van der Waals surface area contributed by atoms with Crippen molar-refractivity contribution in [1.82, 2.24) is 0 Å². The molecule has 2 heteroatoms. The number of nitrogens with zero attached hydrogens (tertiary/aromatic N) is 1. The molecule has 2 nitrogen and oxygen atoms in total. The second kappa shape index (κ2) is 3.92. The van der Waals surface area contributed by atoms with E-state index in [1.807, 2.05) is 6.21 Å². The molecule has 11 heavy (non-hydrogen) atoms. The fourth-order valence-electron chi connectivity index (χ4n) is 1.15. The van der Waals surface area contributed by atoms with Crippen molar-refractivity contribution in [3.63, 3.8) is 0 Å². The van der Waals surface area contributed by atoms with Crippen LogP contribution in [-0.4, -0.2) is 23.2 Å². The van der Waals surface area contributed by atoms with E-state index in [4.69, 9.17) is 6.42 Å². The SMILES string of the molecule is C#CCC[N+]1=CCCCC1=O. The van der Waals surface area contributed by atoms with Gasteiger partial charge in [-0.1, -0.05) is 0 Å². The van der Waals surface area contributed by atoms with Crippen LogP contribution in [0.4, 0.5) is 0 Å². The predicted molar refractivity (Wildman–Crippen MR) is 43.5 cm³/mol. The second-order valence-corrected chi connectivity index (χ2v) is 2.62. The van der Waals surface area contributed by atoms with Gasteiger partial charge in [0.1, 0.15) is 6.21 Å². The molecule has 0 atom stereocenters. The van der Waals surface area contributed by atoms with Crippen LogP contribution in [0.3, 0.4) is 0 Å². The van der Waals surface area contributed by atoms with E-state index in [9.17, 15) is 4.79 Å². The molecule has 0 spiro atoms. The van der Waals surface area contributed by atoms with E-state index in [-0.39, 0.29) is 5.91 Å². The van der Waals surface area contributed by atoms with Gasteiger partial charge >= 0.3 is 5.91 Å². The van der Waals surface area contributed by atoms with Gasteiger partial charge in [0, 0.05) is 6.42 Å². The molecule has 0 aromatic carbocycles. The molecule has 1 aliphatic rings. The summed E-state index contributed by atoms with van der Waals surface area (Å²) in [5.74, 6) is 2.74. The molecule has 1 rings (SSSR count). The predicted octanol–water partition coefficient (Wildman–Crippen LogP) is 0.804. The Hall–Kier alpha value is -1.10. The zero-order valence-electron chi connectivity index (χ0n) is 6.55. The van der Waals surface area contributed by atoms with Crippen LogP contribution < -0.4 is 0 Å². The lowest BCUT2D eigenvalue weighted by Gasteiger charge is -2.03. The zero-order chi connectivity index (χ0) is 8.10. The van der Waals surface area contributed by atoms with E-state index in [0.717, 1.165) is 12.8 Å². The van der Waals surface area contributed by atoms with Crippen molar-refractivity contribution in [2.75, 3.05) is 6.54 Å². The van der Waals surface area contributed by atoms with Gasteiger partial charge in [-0.15, -0.1) is 12.3 Å². The van der Waals surface area contributed by atoms with Crippen LogP contribution in [0.15, 0.2) is 0 Å². The summed E-state index contributed by atoms with van der Waals surface area (Å²) >= 11 is 0. The summed E-state index contributed by atoms with van der Waals surface area (Å²) < 4.78 is 1.74. The number of hydrogen-bond acceptors (Lipinski definition) is 1. The van der Waals surface area contributed by atoms with Gasteiger partial charge < -0.3 is 0 Å². The van der Waals surface area contributed by atoms with Crippen LogP contribution in [0, 0.1) is 12.3 Å². The monoisotopic (exact) mass is 150 g/mol. The van der Waals surface area contributed by atoms with Crippen molar-refractivity contribution in [2.24, 2.45) is 0 Å². The summed E-state index contributed by atoms with van der Waals surface area (Å²) in [7, 11) is 0. The lowest BCUT2D eigenvalue weighted by Crippen LogP contribution is -2.26. The number of hydrogen-bond donors (Lipinski definition) is 0. The molecular formula is C9H12NO+. The average molecular weight is 150 g/mol. The Morgan fingerprint density at radius 2 is 2.55 bits per heavy atom. The van der Waals surface area contributed by atoms with Crippen molar-refractivity contribution in [1.29, 1.82) is 0 Å². The molecule has 0 aliphatic carbocycles. The van der Waals surface area contributed by atoms with Crippen LogP contribution in [0.5, 0.6) is 0 Å². The summed E-state index contributed by atoms with van der Waals surface area (Å²) in [4.78, 5) is 11.1. The van der Waals surface area contributed by atoms with Crippen LogP contribution in [0.2, 0.25) is 0 Å². The summed E-state index contributed by atoms with van der Waals surface area (Å²) in [6.45, 7) is 0.690. The first kappa shape index (κ1) is 8.00. The maximum atomic E-state index is 11.1.